The van der Waals surface area contributed by atoms with Crippen LogP contribution in [0.15, 0.2) is 18.2 Å². The van der Waals surface area contributed by atoms with Crippen LogP contribution in [0, 0.1) is 0 Å². The molecule has 17 heavy (non-hydrogen) atoms. The Morgan fingerprint density at radius 3 is 2.35 bits per heavy atom. The molecule has 0 N–H and O–H groups in total. The molecule has 0 saturated carbocycles. The van der Waals surface area contributed by atoms with Crippen molar-refractivity contribution in [2.24, 2.45) is 0 Å². The van der Waals surface area contributed by atoms with E-state index >= 15 is 0 Å². The summed E-state index contributed by atoms with van der Waals surface area (Å²) in [5, 5.41) is 0. The zero-order valence-electron chi connectivity index (χ0n) is 11.8. The highest BCUT2D eigenvalue weighted by Gasteiger charge is 2.37. The molecule has 0 aliphatic carbocycles. The van der Waals surface area contributed by atoms with Gasteiger partial charge in [-0.05, 0) is 29.9 Å². The van der Waals surface area contributed by atoms with Crippen molar-refractivity contribution in [3.8, 4) is 5.75 Å². The molecular weight excluding hydrogens is 208 g/mol. The van der Waals surface area contributed by atoms with Gasteiger partial charge < -0.3 is 4.74 Å². The van der Waals surface area contributed by atoms with Crippen molar-refractivity contribution < 1.29 is 4.74 Å². The molecule has 0 fully saturated rings. The summed E-state index contributed by atoms with van der Waals surface area (Å²) in [6, 6.07) is 6.80. The standard InChI is InChI=1S/C16H24O/c1-6-16(7-2)11-17-14-10-12(15(3,4)5)8-9-13(14)16/h8-10H,6-7,11H2,1-5H3. The summed E-state index contributed by atoms with van der Waals surface area (Å²) in [5.74, 6) is 1.11. The number of ether oxygens (including phenoxy) is 1. The predicted octanol–water partition coefficient (Wildman–Crippen LogP) is 4.43. The van der Waals surface area contributed by atoms with Crippen molar-refractivity contribution in [1.29, 1.82) is 0 Å². The number of hydrogen-bond acceptors (Lipinski definition) is 1. The van der Waals surface area contributed by atoms with Gasteiger partial charge in [0.25, 0.3) is 0 Å². The molecule has 2 rings (SSSR count). The van der Waals surface area contributed by atoms with Crippen LogP contribution in [0.2, 0.25) is 0 Å². The van der Waals surface area contributed by atoms with Crippen LogP contribution in [-0.4, -0.2) is 6.61 Å². The van der Waals surface area contributed by atoms with Gasteiger partial charge >= 0.3 is 0 Å². The molecule has 1 aliphatic rings. The average molecular weight is 232 g/mol. The topological polar surface area (TPSA) is 9.23 Å². The Kier molecular flexibility index (Phi) is 2.97. The summed E-state index contributed by atoms with van der Waals surface area (Å²) >= 11 is 0. The predicted molar refractivity (Wildman–Crippen MR) is 72.9 cm³/mol. The van der Waals surface area contributed by atoms with E-state index in [0.29, 0.717) is 0 Å². The van der Waals surface area contributed by atoms with Gasteiger partial charge in [0.1, 0.15) is 5.75 Å². The number of fused-ring (bicyclic) bond motifs is 1. The Balaban J connectivity index is 2.45. The zero-order chi connectivity index (χ0) is 12.7. The third kappa shape index (κ3) is 1.96. The van der Waals surface area contributed by atoms with E-state index in [1.165, 1.54) is 11.1 Å². The van der Waals surface area contributed by atoms with Crippen molar-refractivity contribution in [3.05, 3.63) is 29.3 Å². The first kappa shape index (κ1) is 12.5. The maximum Gasteiger partial charge on any atom is 0.123 e. The fourth-order valence-electron chi connectivity index (χ4n) is 2.68. The fraction of sp³-hybridized carbons (Fsp3) is 0.625. The molecule has 1 heteroatoms. The van der Waals surface area contributed by atoms with E-state index in [0.717, 1.165) is 25.2 Å². The Bertz CT molecular complexity index is 408. The largest absolute Gasteiger partial charge is 0.492 e. The summed E-state index contributed by atoms with van der Waals surface area (Å²) in [4.78, 5) is 0. The molecule has 0 bridgehead atoms. The minimum Gasteiger partial charge on any atom is -0.492 e. The zero-order valence-corrected chi connectivity index (χ0v) is 11.8. The number of hydrogen-bond donors (Lipinski definition) is 0. The molecule has 0 unspecified atom stereocenters. The van der Waals surface area contributed by atoms with E-state index in [2.05, 4.69) is 52.8 Å². The molecule has 0 saturated heterocycles. The van der Waals surface area contributed by atoms with E-state index in [1.54, 1.807) is 0 Å². The first-order valence-corrected chi connectivity index (χ1v) is 6.71. The second-order valence-electron chi connectivity index (χ2n) is 6.24. The van der Waals surface area contributed by atoms with Gasteiger partial charge in [-0.15, -0.1) is 0 Å². The summed E-state index contributed by atoms with van der Waals surface area (Å²) in [6.45, 7) is 12.1. The fourth-order valence-corrected chi connectivity index (χ4v) is 2.68. The molecule has 1 aromatic carbocycles. The van der Waals surface area contributed by atoms with Gasteiger partial charge in [0.2, 0.25) is 0 Å². The van der Waals surface area contributed by atoms with E-state index < -0.39 is 0 Å². The third-order valence-corrected chi connectivity index (χ3v) is 4.28. The molecule has 1 aromatic rings. The Morgan fingerprint density at radius 1 is 1.18 bits per heavy atom. The van der Waals surface area contributed by atoms with Gasteiger partial charge in [-0.25, -0.2) is 0 Å². The highest BCUT2D eigenvalue weighted by molar-refractivity contribution is 5.47. The summed E-state index contributed by atoms with van der Waals surface area (Å²) < 4.78 is 5.93. The molecule has 0 aromatic heterocycles. The van der Waals surface area contributed by atoms with E-state index in [9.17, 15) is 0 Å². The lowest BCUT2D eigenvalue weighted by Crippen LogP contribution is -2.25. The van der Waals surface area contributed by atoms with Gasteiger partial charge in [0.05, 0.1) is 6.61 Å². The van der Waals surface area contributed by atoms with Crippen molar-refractivity contribution in [3.63, 3.8) is 0 Å². The molecule has 0 atom stereocenters. The van der Waals surface area contributed by atoms with E-state index in [-0.39, 0.29) is 10.8 Å². The van der Waals surface area contributed by atoms with Crippen molar-refractivity contribution in [2.45, 2.75) is 58.3 Å². The Morgan fingerprint density at radius 2 is 1.82 bits per heavy atom. The average Bonchev–Trinajstić information content (AvgIpc) is 2.66. The summed E-state index contributed by atoms with van der Waals surface area (Å²) in [6.07, 6.45) is 2.32. The van der Waals surface area contributed by atoms with Gasteiger partial charge in [-0.1, -0.05) is 46.8 Å². The van der Waals surface area contributed by atoms with Crippen molar-refractivity contribution in [1.82, 2.24) is 0 Å². The van der Waals surface area contributed by atoms with Crippen LogP contribution in [0.5, 0.6) is 5.75 Å². The lowest BCUT2D eigenvalue weighted by atomic mass is 9.76. The lowest BCUT2D eigenvalue weighted by Gasteiger charge is -2.25. The van der Waals surface area contributed by atoms with Crippen LogP contribution in [0.1, 0.15) is 58.6 Å². The van der Waals surface area contributed by atoms with Crippen molar-refractivity contribution in [2.75, 3.05) is 6.61 Å². The van der Waals surface area contributed by atoms with Crippen LogP contribution >= 0.6 is 0 Å². The van der Waals surface area contributed by atoms with Crippen molar-refractivity contribution >= 4 is 0 Å². The molecule has 1 heterocycles. The van der Waals surface area contributed by atoms with Gasteiger partial charge in [-0.2, -0.15) is 0 Å². The molecule has 0 spiro atoms. The maximum atomic E-state index is 5.93. The Labute approximate surface area is 105 Å². The molecule has 1 nitrogen and oxygen atoms in total. The normalized spacial score (nSPS) is 17.7. The smallest absolute Gasteiger partial charge is 0.123 e. The third-order valence-electron chi connectivity index (χ3n) is 4.28. The van der Waals surface area contributed by atoms with Crippen LogP contribution in [-0.2, 0) is 10.8 Å². The Hall–Kier alpha value is -0.980. The first-order valence-electron chi connectivity index (χ1n) is 6.71. The van der Waals surface area contributed by atoms with Gasteiger partial charge in [0.15, 0.2) is 0 Å². The second-order valence-corrected chi connectivity index (χ2v) is 6.24. The first-order chi connectivity index (χ1) is 7.93. The number of benzene rings is 1. The van der Waals surface area contributed by atoms with E-state index in [1.807, 2.05) is 0 Å². The van der Waals surface area contributed by atoms with Gasteiger partial charge in [0, 0.05) is 11.0 Å². The molecule has 0 radical (unpaired) electrons. The highest BCUT2D eigenvalue weighted by atomic mass is 16.5. The molecule has 1 aliphatic heterocycles. The van der Waals surface area contributed by atoms with Crippen LogP contribution in [0.3, 0.4) is 0 Å². The summed E-state index contributed by atoms with van der Waals surface area (Å²) in [5.41, 5.74) is 3.23. The lowest BCUT2D eigenvalue weighted by molar-refractivity contribution is 0.253. The SMILES string of the molecule is CCC1(CC)COc2cc(C(C)(C)C)ccc21. The minimum absolute atomic E-state index is 0.196. The monoisotopic (exact) mass is 232 g/mol. The minimum atomic E-state index is 0.196. The van der Waals surface area contributed by atoms with Crippen LogP contribution in [0.25, 0.3) is 0 Å². The quantitative estimate of drug-likeness (QED) is 0.732. The van der Waals surface area contributed by atoms with E-state index in [4.69, 9.17) is 4.74 Å². The second kappa shape index (κ2) is 4.04. The van der Waals surface area contributed by atoms with Crippen LogP contribution in [0.4, 0.5) is 0 Å². The highest BCUT2D eigenvalue weighted by Crippen LogP contribution is 2.44. The molecule has 94 valence electrons. The molecular formula is C16H24O. The van der Waals surface area contributed by atoms with Crippen LogP contribution < -0.4 is 4.74 Å². The maximum absolute atomic E-state index is 5.93. The molecule has 0 amide bonds. The number of rotatable bonds is 2. The van der Waals surface area contributed by atoms with Gasteiger partial charge in [-0.3, -0.25) is 0 Å². The summed E-state index contributed by atoms with van der Waals surface area (Å²) in [7, 11) is 0.